The first-order valence-electron chi connectivity index (χ1n) is 7.26. The maximum Gasteiger partial charge on any atom is 0.174 e. The highest BCUT2D eigenvalue weighted by molar-refractivity contribution is 6.10. The Bertz CT molecular complexity index is 905. The fourth-order valence-corrected chi connectivity index (χ4v) is 3.01. The Hall–Kier alpha value is -2.87. The minimum absolute atomic E-state index is 0.106. The first kappa shape index (κ1) is 12.8. The molecule has 0 aromatic heterocycles. The molecule has 1 unspecified atom stereocenters. The first-order chi connectivity index (χ1) is 10.7. The first-order valence-corrected chi connectivity index (χ1v) is 7.26. The molecule has 1 N–H and O–H groups in total. The summed E-state index contributed by atoms with van der Waals surface area (Å²) in [7, 11) is 0. The van der Waals surface area contributed by atoms with Gasteiger partial charge in [0.25, 0.3) is 0 Å². The summed E-state index contributed by atoms with van der Waals surface area (Å²) in [6.07, 6.45) is 3.95. The molecule has 0 amide bonds. The largest absolute Gasteiger partial charge is 0.508 e. The van der Waals surface area contributed by atoms with Crippen molar-refractivity contribution in [2.45, 2.75) is 5.92 Å². The normalized spacial score (nSPS) is 16.7. The van der Waals surface area contributed by atoms with Crippen LogP contribution in [0.15, 0.2) is 66.7 Å². The van der Waals surface area contributed by atoms with Gasteiger partial charge in [-0.3, -0.25) is 4.79 Å². The molecule has 3 aromatic rings. The van der Waals surface area contributed by atoms with Crippen LogP contribution in [0.4, 0.5) is 0 Å². The zero-order chi connectivity index (χ0) is 15.1. The molecule has 3 aromatic carbocycles. The Balaban J connectivity index is 1.83. The monoisotopic (exact) mass is 286 g/mol. The van der Waals surface area contributed by atoms with Crippen LogP contribution >= 0.6 is 0 Å². The van der Waals surface area contributed by atoms with Gasteiger partial charge in [0.05, 0.1) is 5.92 Å². The van der Waals surface area contributed by atoms with E-state index in [2.05, 4.69) is 12.1 Å². The topological polar surface area (TPSA) is 37.3 Å². The molecule has 0 saturated carbocycles. The summed E-state index contributed by atoms with van der Waals surface area (Å²) in [6.45, 7) is 0. The lowest BCUT2D eigenvalue weighted by Gasteiger charge is -2.19. The molecular weight excluding hydrogens is 272 g/mol. The molecule has 0 spiro atoms. The van der Waals surface area contributed by atoms with Gasteiger partial charge in [0.1, 0.15) is 5.75 Å². The number of phenols is 1. The minimum atomic E-state index is -0.283. The van der Waals surface area contributed by atoms with E-state index in [1.807, 2.05) is 36.4 Å². The molecule has 4 rings (SSSR count). The van der Waals surface area contributed by atoms with Crippen LogP contribution in [-0.2, 0) is 0 Å². The summed E-state index contributed by atoms with van der Waals surface area (Å²) in [5, 5.41) is 11.6. The highest BCUT2D eigenvalue weighted by Gasteiger charge is 2.25. The van der Waals surface area contributed by atoms with Crippen LogP contribution in [0.25, 0.3) is 16.8 Å². The van der Waals surface area contributed by atoms with E-state index >= 15 is 0 Å². The SMILES string of the molecule is O=C1c2cc3ccccc3cc2C=CC1c1ccc(O)cc1. The molecule has 0 fully saturated rings. The van der Waals surface area contributed by atoms with Gasteiger partial charge in [-0.05, 0) is 46.2 Å². The molecule has 1 atom stereocenters. The number of fused-ring (bicyclic) bond motifs is 2. The highest BCUT2D eigenvalue weighted by atomic mass is 16.3. The predicted octanol–water partition coefficient (Wildman–Crippen LogP) is 4.54. The van der Waals surface area contributed by atoms with Crippen molar-refractivity contribution in [3.05, 3.63) is 83.4 Å². The van der Waals surface area contributed by atoms with Gasteiger partial charge >= 0.3 is 0 Å². The molecule has 0 bridgehead atoms. The summed E-state index contributed by atoms with van der Waals surface area (Å²) in [5.74, 6) is 0.0330. The van der Waals surface area contributed by atoms with E-state index in [1.54, 1.807) is 24.3 Å². The third-order valence-corrected chi connectivity index (χ3v) is 4.19. The Morgan fingerprint density at radius 2 is 1.55 bits per heavy atom. The molecule has 0 saturated heterocycles. The zero-order valence-corrected chi connectivity index (χ0v) is 11.9. The second-order valence-electron chi connectivity index (χ2n) is 5.58. The van der Waals surface area contributed by atoms with Crippen LogP contribution in [0.3, 0.4) is 0 Å². The lowest BCUT2D eigenvalue weighted by atomic mass is 9.83. The molecule has 0 heterocycles. The number of carbonyl (C=O) groups excluding carboxylic acids is 1. The van der Waals surface area contributed by atoms with Crippen molar-refractivity contribution in [3.63, 3.8) is 0 Å². The number of aromatic hydroxyl groups is 1. The quantitative estimate of drug-likeness (QED) is 0.713. The van der Waals surface area contributed by atoms with Gasteiger partial charge in [0, 0.05) is 5.56 Å². The van der Waals surface area contributed by atoms with Gasteiger partial charge in [0.15, 0.2) is 5.78 Å². The molecule has 2 heteroatoms. The fraction of sp³-hybridized carbons (Fsp3) is 0.0500. The molecule has 106 valence electrons. The summed E-state index contributed by atoms with van der Waals surface area (Å²) < 4.78 is 0. The number of benzene rings is 3. The van der Waals surface area contributed by atoms with Crippen molar-refractivity contribution < 1.29 is 9.90 Å². The Morgan fingerprint density at radius 1 is 0.864 bits per heavy atom. The van der Waals surface area contributed by atoms with Crippen molar-refractivity contribution in [2.75, 3.05) is 0 Å². The highest BCUT2D eigenvalue weighted by Crippen LogP contribution is 2.33. The number of carbonyl (C=O) groups is 1. The molecule has 0 aliphatic heterocycles. The minimum Gasteiger partial charge on any atom is -0.508 e. The van der Waals surface area contributed by atoms with Crippen LogP contribution in [0, 0.1) is 0 Å². The lowest BCUT2D eigenvalue weighted by molar-refractivity contribution is 0.0975. The number of hydrogen-bond donors (Lipinski definition) is 1. The van der Waals surface area contributed by atoms with E-state index < -0.39 is 0 Å². The van der Waals surface area contributed by atoms with Gasteiger partial charge in [-0.1, -0.05) is 48.6 Å². The van der Waals surface area contributed by atoms with Crippen molar-refractivity contribution >= 4 is 22.6 Å². The van der Waals surface area contributed by atoms with Gasteiger partial charge in [0.2, 0.25) is 0 Å². The second-order valence-corrected chi connectivity index (χ2v) is 5.58. The number of ketones is 1. The Morgan fingerprint density at radius 3 is 2.27 bits per heavy atom. The van der Waals surface area contributed by atoms with E-state index in [0.29, 0.717) is 0 Å². The van der Waals surface area contributed by atoms with Crippen molar-refractivity contribution in [3.8, 4) is 5.75 Å². The van der Waals surface area contributed by atoms with Crippen LogP contribution in [0.5, 0.6) is 5.75 Å². The van der Waals surface area contributed by atoms with E-state index in [0.717, 1.165) is 27.5 Å². The molecule has 1 aliphatic carbocycles. The number of allylic oxidation sites excluding steroid dienone is 1. The predicted molar refractivity (Wildman–Crippen MR) is 88.2 cm³/mol. The Kier molecular flexibility index (Phi) is 2.83. The van der Waals surface area contributed by atoms with Crippen molar-refractivity contribution in [1.82, 2.24) is 0 Å². The van der Waals surface area contributed by atoms with Gasteiger partial charge < -0.3 is 5.11 Å². The number of hydrogen-bond acceptors (Lipinski definition) is 2. The molecule has 2 nitrogen and oxygen atoms in total. The van der Waals surface area contributed by atoms with Crippen LogP contribution in [0.2, 0.25) is 0 Å². The maximum absolute atomic E-state index is 12.8. The summed E-state index contributed by atoms with van der Waals surface area (Å²) in [4.78, 5) is 12.8. The van der Waals surface area contributed by atoms with Crippen molar-refractivity contribution in [1.29, 1.82) is 0 Å². The molecule has 0 radical (unpaired) electrons. The number of rotatable bonds is 1. The van der Waals surface area contributed by atoms with Crippen molar-refractivity contribution in [2.24, 2.45) is 0 Å². The van der Waals surface area contributed by atoms with Crippen LogP contribution < -0.4 is 0 Å². The van der Waals surface area contributed by atoms with Crippen LogP contribution in [0.1, 0.15) is 27.4 Å². The number of Topliss-reactive ketones (excluding diaryl/α,β-unsaturated/α-hetero) is 1. The fourth-order valence-electron chi connectivity index (χ4n) is 3.01. The lowest BCUT2D eigenvalue weighted by Crippen LogP contribution is -2.15. The smallest absolute Gasteiger partial charge is 0.174 e. The van der Waals surface area contributed by atoms with E-state index in [4.69, 9.17) is 0 Å². The van der Waals surface area contributed by atoms with Gasteiger partial charge in [-0.2, -0.15) is 0 Å². The number of phenolic OH excluding ortho intramolecular Hbond substituents is 1. The zero-order valence-electron chi connectivity index (χ0n) is 11.9. The van der Waals surface area contributed by atoms with Gasteiger partial charge in [-0.15, -0.1) is 0 Å². The van der Waals surface area contributed by atoms with E-state index in [-0.39, 0.29) is 17.5 Å². The third-order valence-electron chi connectivity index (χ3n) is 4.19. The van der Waals surface area contributed by atoms with Gasteiger partial charge in [-0.25, -0.2) is 0 Å². The molecule has 22 heavy (non-hydrogen) atoms. The third kappa shape index (κ3) is 2.01. The van der Waals surface area contributed by atoms with E-state index in [1.165, 1.54) is 0 Å². The molecule has 1 aliphatic rings. The average Bonchev–Trinajstić information content (AvgIpc) is 2.55. The summed E-state index contributed by atoms with van der Waals surface area (Å²) >= 11 is 0. The maximum atomic E-state index is 12.8. The average molecular weight is 286 g/mol. The standard InChI is InChI=1S/C20H14O2/c21-17-8-5-13(6-9-17)18-10-7-16-11-14-3-1-2-4-15(14)12-19(16)20(18)22/h1-12,18,21H. The summed E-state index contributed by atoms with van der Waals surface area (Å²) in [6, 6.07) is 18.9. The van der Waals surface area contributed by atoms with E-state index in [9.17, 15) is 9.90 Å². The summed E-state index contributed by atoms with van der Waals surface area (Å²) in [5.41, 5.74) is 2.64. The second kappa shape index (κ2) is 4.85. The van der Waals surface area contributed by atoms with Crippen LogP contribution in [-0.4, -0.2) is 10.9 Å². The Labute approximate surface area is 128 Å². The molecular formula is C20H14O2.